The van der Waals surface area contributed by atoms with Gasteiger partial charge in [0.05, 0.1) is 0 Å². The van der Waals surface area contributed by atoms with E-state index in [1.807, 2.05) is 25.3 Å². The monoisotopic (exact) mass is 250 g/mol. The Hall–Kier alpha value is -1.19. The van der Waals surface area contributed by atoms with Crippen LogP contribution in [0.15, 0.2) is 35.7 Å². The Labute approximate surface area is 105 Å². The third-order valence-electron chi connectivity index (χ3n) is 3.07. The molecule has 0 aliphatic rings. The largest absolute Gasteiger partial charge is 0.379 e. The summed E-state index contributed by atoms with van der Waals surface area (Å²) in [7, 11) is 0. The van der Waals surface area contributed by atoms with E-state index in [4.69, 9.17) is 0 Å². The lowest BCUT2D eigenvalue weighted by Gasteiger charge is -2.27. The Morgan fingerprint density at radius 2 is 2.00 bits per heavy atom. The van der Waals surface area contributed by atoms with E-state index >= 15 is 0 Å². The maximum Gasteiger partial charge on any atom is 0.129 e. The summed E-state index contributed by atoms with van der Waals surface area (Å²) >= 11 is 1.47. The Kier molecular flexibility index (Phi) is 3.31. The average molecular weight is 250 g/mol. The number of thiophene rings is 1. The zero-order chi connectivity index (χ0) is 12.5. The number of halogens is 1. The van der Waals surface area contributed by atoms with Crippen LogP contribution >= 0.6 is 11.3 Å². The lowest BCUT2D eigenvalue weighted by Crippen LogP contribution is -2.27. The molecule has 2 aromatic rings. The second-order valence-corrected chi connectivity index (χ2v) is 5.04. The molecule has 2 rings (SSSR count). The molecule has 1 nitrogen and oxygen atoms in total. The molecule has 1 unspecified atom stereocenters. The highest BCUT2D eigenvalue weighted by Gasteiger charge is 2.34. The van der Waals surface area contributed by atoms with Gasteiger partial charge in [-0.3, -0.25) is 0 Å². The van der Waals surface area contributed by atoms with Crippen LogP contribution in [-0.2, 0) is 5.60 Å². The minimum atomic E-state index is -1.22. The highest BCUT2D eigenvalue weighted by Crippen LogP contribution is 2.38. The Morgan fingerprint density at radius 3 is 2.53 bits per heavy atom. The first-order valence-corrected chi connectivity index (χ1v) is 6.49. The first kappa shape index (κ1) is 12.3. The van der Waals surface area contributed by atoms with Crippen molar-refractivity contribution in [3.63, 3.8) is 0 Å². The van der Waals surface area contributed by atoms with Crippen LogP contribution in [0.2, 0.25) is 0 Å². The van der Waals surface area contributed by atoms with Gasteiger partial charge in [0.1, 0.15) is 11.4 Å². The summed E-state index contributed by atoms with van der Waals surface area (Å²) < 4.78 is 13.8. The van der Waals surface area contributed by atoms with Crippen LogP contribution in [0.3, 0.4) is 0 Å². The van der Waals surface area contributed by atoms with E-state index in [2.05, 4.69) is 0 Å². The molecule has 0 bridgehead atoms. The predicted octanol–water partition coefficient (Wildman–Crippen LogP) is 3.84. The van der Waals surface area contributed by atoms with E-state index in [-0.39, 0.29) is 5.82 Å². The molecule has 0 amide bonds. The van der Waals surface area contributed by atoms with Crippen molar-refractivity contribution in [1.29, 1.82) is 0 Å². The van der Waals surface area contributed by atoms with Gasteiger partial charge in [0.25, 0.3) is 0 Å². The van der Waals surface area contributed by atoms with Crippen LogP contribution in [0.1, 0.15) is 29.3 Å². The highest BCUT2D eigenvalue weighted by atomic mass is 32.1. The molecule has 1 atom stereocenters. The number of hydrogen-bond acceptors (Lipinski definition) is 2. The molecule has 0 fully saturated rings. The lowest BCUT2D eigenvalue weighted by molar-refractivity contribution is 0.0758. The molecule has 90 valence electrons. The average Bonchev–Trinajstić information content (AvgIpc) is 2.76. The molecule has 3 heteroatoms. The van der Waals surface area contributed by atoms with Crippen molar-refractivity contribution in [2.45, 2.75) is 25.9 Å². The van der Waals surface area contributed by atoms with Gasteiger partial charge in [0.15, 0.2) is 0 Å². The predicted molar refractivity (Wildman–Crippen MR) is 68.7 cm³/mol. The zero-order valence-electron chi connectivity index (χ0n) is 9.90. The normalized spacial score (nSPS) is 14.6. The van der Waals surface area contributed by atoms with Crippen LogP contribution in [0.4, 0.5) is 4.39 Å². The summed E-state index contributed by atoms with van der Waals surface area (Å²) in [5.74, 6) is -0.357. The van der Waals surface area contributed by atoms with Crippen molar-refractivity contribution in [1.82, 2.24) is 0 Å². The van der Waals surface area contributed by atoms with Crippen LogP contribution < -0.4 is 0 Å². The second-order valence-electron chi connectivity index (χ2n) is 4.13. The molecule has 1 aromatic carbocycles. The topological polar surface area (TPSA) is 20.2 Å². The Balaban J connectivity index is 2.60. The summed E-state index contributed by atoms with van der Waals surface area (Å²) in [4.78, 5) is 0.824. The third-order valence-corrected chi connectivity index (χ3v) is 4.24. The molecule has 0 saturated carbocycles. The summed E-state index contributed by atoms with van der Waals surface area (Å²) in [6.07, 6.45) is 0.454. The molecule has 1 N–H and O–H groups in total. The fourth-order valence-electron chi connectivity index (χ4n) is 2.07. The van der Waals surface area contributed by atoms with Crippen molar-refractivity contribution >= 4 is 11.3 Å². The van der Waals surface area contributed by atoms with Gasteiger partial charge < -0.3 is 5.11 Å². The van der Waals surface area contributed by atoms with E-state index in [9.17, 15) is 9.50 Å². The Bertz CT molecular complexity index is 520. The number of aliphatic hydroxyl groups is 1. The molecule has 0 aliphatic carbocycles. The second kappa shape index (κ2) is 4.59. The molecule has 0 radical (unpaired) electrons. The van der Waals surface area contributed by atoms with Gasteiger partial charge in [-0.2, -0.15) is 0 Å². The minimum Gasteiger partial charge on any atom is -0.379 e. The summed E-state index contributed by atoms with van der Waals surface area (Å²) in [5, 5.41) is 12.7. The van der Waals surface area contributed by atoms with E-state index in [1.165, 1.54) is 17.4 Å². The SMILES string of the molecule is CCC(O)(c1ccccc1F)c1sccc1C. The number of hydrogen-bond donors (Lipinski definition) is 1. The van der Waals surface area contributed by atoms with E-state index in [0.717, 1.165) is 10.4 Å². The number of rotatable bonds is 3. The summed E-state index contributed by atoms with van der Waals surface area (Å²) in [6, 6.07) is 8.37. The van der Waals surface area contributed by atoms with Crippen LogP contribution in [0.25, 0.3) is 0 Å². The Morgan fingerprint density at radius 1 is 1.29 bits per heavy atom. The number of benzene rings is 1. The van der Waals surface area contributed by atoms with Gasteiger partial charge in [0.2, 0.25) is 0 Å². The van der Waals surface area contributed by atoms with Crippen molar-refractivity contribution in [3.8, 4) is 0 Å². The highest BCUT2D eigenvalue weighted by molar-refractivity contribution is 7.10. The number of aryl methyl sites for hydroxylation is 1. The first-order valence-electron chi connectivity index (χ1n) is 5.61. The molecule has 1 aromatic heterocycles. The van der Waals surface area contributed by atoms with Gasteiger partial charge in [-0.15, -0.1) is 11.3 Å². The molecule has 0 saturated heterocycles. The molecule has 1 heterocycles. The lowest BCUT2D eigenvalue weighted by atomic mass is 9.87. The van der Waals surface area contributed by atoms with Crippen molar-refractivity contribution < 1.29 is 9.50 Å². The smallest absolute Gasteiger partial charge is 0.129 e. The maximum atomic E-state index is 13.8. The van der Waals surface area contributed by atoms with Crippen LogP contribution in [0.5, 0.6) is 0 Å². The van der Waals surface area contributed by atoms with E-state index in [0.29, 0.717) is 12.0 Å². The quantitative estimate of drug-likeness (QED) is 0.877. The maximum absolute atomic E-state index is 13.8. The van der Waals surface area contributed by atoms with E-state index < -0.39 is 5.60 Å². The van der Waals surface area contributed by atoms with Gasteiger partial charge in [0, 0.05) is 10.4 Å². The summed E-state index contributed by atoms with van der Waals surface area (Å²) in [5.41, 5.74) is 0.138. The molecule has 0 aliphatic heterocycles. The third kappa shape index (κ3) is 2.01. The van der Waals surface area contributed by atoms with Gasteiger partial charge in [-0.05, 0) is 36.4 Å². The first-order chi connectivity index (χ1) is 8.09. The molecular weight excluding hydrogens is 235 g/mol. The van der Waals surface area contributed by atoms with Gasteiger partial charge in [-0.1, -0.05) is 25.1 Å². The van der Waals surface area contributed by atoms with Gasteiger partial charge in [-0.25, -0.2) is 4.39 Å². The fourth-order valence-corrected chi connectivity index (χ4v) is 3.18. The fraction of sp³-hybridized carbons (Fsp3) is 0.286. The van der Waals surface area contributed by atoms with Crippen molar-refractivity contribution in [2.75, 3.05) is 0 Å². The molecule has 17 heavy (non-hydrogen) atoms. The van der Waals surface area contributed by atoms with Crippen molar-refractivity contribution in [2.24, 2.45) is 0 Å². The van der Waals surface area contributed by atoms with E-state index in [1.54, 1.807) is 18.2 Å². The van der Waals surface area contributed by atoms with Crippen molar-refractivity contribution in [3.05, 3.63) is 57.5 Å². The molecule has 0 spiro atoms. The zero-order valence-corrected chi connectivity index (χ0v) is 10.7. The minimum absolute atomic E-state index is 0.355. The standard InChI is InChI=1S/C14H15FOS/c1-3-14(16,13-10(2)8-9-17-13)11-6-4-5-7-12(11)15/h4-9,16H,3H2,1-2H3. The van der Waals surface area contributed by atoms with Crippen LogP contribution in [-0.4, -0.2) is 5.11 Å². The summed E-state index contributed by atoms with van der Waals surface area (Å²) in [6.45, 7) is 3.80. The van der Waals surface area contributed by atoms with Gasteiger partial charge >= 0.3 is 0 Å². The molecular formula is C14H15FOS. The van der Waals surface area contributed by atoms with Crippen LogP contribution in [0, 0.1) is 12.7 Å².